The minimum Gasteiger partial charge on any atom is -0.461 e. The molecule has 2 fully saturated rings. The van der Waals surface area contributed by atoms with Crippen LogP contribution in [0.25, 0.3) is 0 Å². The van der Waals surface area contributed by atoms with Crippen molar-refractivity contribution in [2.45, 2.75) is 70.2 Å². The number of nitrogens with zero attached hydrogens (tertiary/aromatic N) is 3. The lowest BCUT2D eigenvalue weighted by atomic mass is 9.88. The number of fused-ring (bicyclic) bond motifs is 1. The van der Waals surface area contributed by atoms with Crippen LogP contribution in [0.3, 0.4) is 0 Å². The van der Waals surface area contributed by atoms with Gasteiger partial charge in [-0.15, -0.1) is 0 Å². The largest absolute Gasteiger partial charge is 0.461 e. The number of esters is 1. The minimum atomic E-state index is -4.82. The van der Waals surface area contributed by atoms with E-state index in [0.717, 1.165) is 5.56 Å². The van der Waals surface area contributed by atoms with Crippen molar-refractivity contribution in [1.29, 1.82) is 0 Å². The maximum absolute atomic E-state index is 14.8. The van der Waals surface area contributed by atoms with E-state index in [1.165, 1.54) is 10.6 Å². The second-order valence-corrected chi connectivity index (χ2v) is 11.8. The zero-order chi connectivity index (χ0) is 31.2. The molecule has 6 rings (SSSR count). The van der Waals surface area contributed by atoms with E-state index in [9.17, 15) is 22.4 Å². The van der Waals surface area contributed by atoms with E-state index < -0.39 is 35.1 Å². The van der Waals surface area contributed by atoms with Crippen molar-refractivity contribution in [3.8, 4) is 11.5 Å². The Bertz CT molecular complexity index is 1550. The zero-order valence-corrected chi connectivity index (χ0v) is 25.0. The predicted octanol–water partition coefficient (Wildman–Crippen LogP) is 6.68. The fourth-order valence-corrected chi connectivity index (χ4v) is 6.25. The van der Waals surface area contributed by atoms with E-state index >= 15 is 0 Å². The molecule has 0 spiro atoms. The number of ether oxygens (including phenoxy) is 4. The standard InChI is InChI=1S/C31H32ClF4N3O5/c1-3-41-29(40)26-28(31(34,35)36)37-25(39(26)16-20-11-14-42-20)17-38-12-9-18(10-13-38)21-5-4-6-24-27(21)44-30(2,43-24)22-8-7-19(32)15-23(22)33/h4-8,15,18,20H,3,9-14,16-17H2,1-2H3. The molecule has 0 N–H and O–H groups in total. The average Bonchev–Trinajstić information content (AvgIpc) is 3.48. The molecule has 1 aromatic heterocycles. The number of benzene rings is 2. The molecular weight excluding hydrogens is 606 g/mol. The van der Waals surface area contributed by atoms with Gasteiger partial charge in [-0.1, -0.05) is 23.7 Å². The number of hydrogen-bond donors (Lipinski definition) is 0. The van der Waals surface area contributed by atoms with Gasteiger partial charge in [-0.25, -0.2) is 14.2 Å². The minimum absolute atomic E-state index is 0.0597. The highest BCUT2D eigenvalue weighted by molar-refractivity contribution is 6.30. The van der Waals surface area contributed by atoms with Gasteiger partial charge in [0.25, 0.3) is 5.79 Å². The van der Waals surface area contributed by atoms with Crippen LogP contribution in [0.1, 0.15) is 72.2 Å². The van der Waals surface area contributed by atoms with E-state index in [2.05, 4.69) is 4.98 Å². The molecule has 13 heteroatoms. The Kier molecular flexibility index (Phi) is 8.27. The molecule has 2 aromatic carbocycles. The summed E-state index contributed by atoms with van der Waals surface area (Å²) < 4.78 is 81.0. The zero-order valence-electron chi connectivity index (χ0n) is 24.3. The lowest BCUT2D eigenvalue weighted by Crippen LogP contribution is -2.36. The first-order valence-corrected chi connectivity index (χ1v) is 15.0. The molecule has 4 heterocycles. The van der Waals surface area contributed by atoms with Crippen molar-refractivity contribution in [2.75, 3.05) is 26.3 Å². The van der Waals surface area contributed by atoms with Gasteiger partial charge in [0.2, 0.25) is 0 Å². The summed E-state index contributed by atoms with van der Waals surface area (Å²) in [6.45, 7) is 5.02. The summed E-state index contributed by atoms with van der Waals surface area (Å²) in [6.07, 6.45) is -3.06. The van der Waals surface area contributed by atoms with Crippen LogP contribution in [0.5, 0.6) is 11.5 Å². The van der Waals surface area contributed by atoms with Crippen LogP contribution in [0, 0.1) is 5.82 Å². The fraction of sp³-hybridized carbons (Fsp3) is 0.484. The lowest BCUT2D eigenvalue weighted by Gasteiger charge is -2.33. The molecule has 3 aliphatic rings. The smallest absolute Gasteiger partial charge is 0.435 e. The molecule has 3 aliphatic heterocycles. The highest BCUT2D eigenvalue weighted by Gasteiger charge is 2.44. The molecule has 0 saturated carbocycles. The number of carbonyl (C=O) groups excluding carboxylic acids is 1. The normalized spacial score (nSPS) is 22.2. The highest BCUT2D eigenvalue weighted by atomic mass is 35.5. The molecule has 0 radical (unpaired) electrons. The summed E-state index contributed by atoms with van der Waals surface area (Å²) in [5.41, 5.74) is -0.677. The first kappa shape index (κ1) is 30.7. The number of rotatable bonds is 8. The molecule has 8 nitrogen and oxygen atoms in total. The number of likely N-dealkylation sites (tertiary alicyclic amines) is 1. The number of halogens is 5. The maximum Gasteiger partial charge on any atom is 0.435 e. The number of carbonyl (C=O) groups is 1. The van der Waals surface area contributed by atoms with E-state index in [1.54, 1.807) is 32.0 Å². The Morgan fingerprint density at radius 2 is 1.91 bits per heavy atom. The molecule has 44 heavy (non-hydrogen) atoms. The lowest BCUT2D eigenvalue weighted by molar-refractivity contribution is -0.141. The van der Waals surface area contributed by atoms with Crippen LogP contribution in [0.4, 0.5) is 17.6 Å². The first-order valence-electron chi connectivity index (χ1n) is 14.6. The summed E-state index contributed by atoms with van der Waals surface area (Å²) in [4.78, 5) is 18.7. The Morgan fingerprint density at radius 1 is 1.16 bits per heavy atom. The third-order valence-electron chi connectivity index (χ3n) is 8.39. The summed E-state index contributed by atoms with van der Waals surface area (Å²) in [5.74, 6) is -1.69. The summed E-state index contributed by atoms with van der Waals surface area (Å²) in [7, 11) is 0. The van der Waals surface area contributed by atoms with Crippen molar-refractivity contribution in [3.05, 3.63) is 75.6 Å². The monoisotopic (exact) mass is 637 g/mol. The van der Waals surface area contributed by atoms with Crippen molar-refractivity contribution in [1.82, 2.24) is 14.5 Å². The van der Waals surface area contributed by atoms with Gasteiger partial charge in [-0.05, 0) is 69.5 Å². The Hall–Kier alpha value is -3.35. The molecule has 2 unspecified atom stereocenters. The Balaban J connectivity index is 1.20. The van der Waals surface area contributed by atoms with E-state index in [4.69, 9.17) is 30.5 Å². The topological polar surface area (TPSA) is 75.0 Å². The van der Waals surface area contributed by atoms with Gasteiger partial charge in [0, 0.05) is 24.1 Å². The van der Waals surface area contributed by atoms with Gasteiger partial charge in [-0.3, -0.25) is 4.90 Å². The van der Waals surface area contributed by atoms with Crippen LogP contribution in [-0.4, -0.2) is 52.8 Å². The van der Waals surface area contributed by atoms with E-state index in [0.29, 0.717) is 50.5 Å². The second-order valence-electron chi connectivity index (χ2n) is 11.3. The average molecular weight is 638 g/mol. The molecule has 236 valence electrons. The number of hydrogen-bond acceptors (Lipinski definition) is 7. The van der Waals surface area contributed by atoms with Crippen molar-refractivity contribution < 1.29 is 41.3 Å². The van der Waals surface area contributed by atoms with Crippen molar-refractivity contribution in [2.24, 2.45) is 0 Å². The van der Waals surface area contributed by atoms with Crippen LogP contribution in [0.2, 0.25) is 5.02 Å². The van der Waals surface area contributed by atoms with Gasteiger partial charge >= 0.3 is 12.1 Å². The van der Waals surface area contributed by atoms with E-state index in [-0.39, 0.29) is 48.1 Å². The second kappa shape index (κ2) is 11.9. The quantitative estimate of drug-likeness (QED) is 0.201. The van der Waals surface area contributed by atoms with Gasteiger partial charge in [-0.2, -0.15) is 13.2 Å². The first-order chi connectivity index (χ1) is 21.0. The summed E-state index contributed by atoms with van der Waals surface area (Å²) >= 11 is 5.94. The van der Waals surface area contributed by atoms with Gasteiger partial charge in [0.05, 0.1) is 31.4 Å². The Morgan fingerprint density at radius 3 is 2.55 bits per heavy atom. The number of para-hydroxylation sites is 1. The molecule has 0 aliphatic carbocycles. The predicted molar refractivity (Wildman–Crippen MR) is 151 cm³/mol. The van der Waals surface area contributed by atoms with Crippen LogP contribution < -0.4 is 9.47 Å². The van der Waals surface area contributed by atoms with Gasteiger partial charge in [0.15, 0.2) is 22.9 Å². The van der Waals surface area contributed by atoms with E-state index in [1.807, 2.05) is 17.0 Å². The third kappa shape index (κ3) is 5.87. The Labute approximate surface area is 256 Å². The maximum atomic E-state index is 14.8. The molecule has 0 bridgehead atoms. The van der Waals surface area contributed by atoms with Gasteiger partial charge < -0.3 is 23.5 Å². The van der Waals surface area contributed by atoms with Crippen LogP contribution in [-0.2, 0) is 34.5 Å². The number of imidazole rings is 1. The highest BCUT2D eigenvalue weighted by Crippen LogP contribution is 2.50. The fourth-order valence-electron chi connectivity index (χ4n) is 6.09. The van der Waals surface area contributed by atoms with Crippen LogP contribution >= 0.6 is 11.6 Å². The van der Waals surface area contributed by atoms with Crippen LogP contribution in [0.15, 0.2) is 36.4 Å². The van der Waals surface area contributed by atoms with Crippen molar-refractivity contribution >= 4 is 17.6 Å². The molecule has 2 saturated heterocycles. The SMILES string of the molecule is CCOC(=O)c1c(C(F)(F)F)nc(CN2CCC(c3cccc4c3OC(C)(c3ccc(Cl)cc3F)O4)CC2)n1CC1CCO1. The molecular formula is C31H32ClF4N3O5. The summed E-state index contributed by atoms with van der Waals surface area (Å²) in [6, 6.07) is 9.93. The van der Waals surface area contributed by atoms with Crippen molar-refractivity contribution in [3.63, 3.8) is 0 Å². The molecule has 3 aromatic rings. The molecule has 2 atom stereocenters. The third-order valence-corrected chi connectivity index (χ3v) is 8.62. The van der Waals surface area contributed by atoms with Gasteiger partial charge in [0.1, 0.15) is 11.6 Å². The summed E-state index contributed by atoms with van der Waals surface area (Å²) in [5, 5.41) is 0.267. The molecule has 0 amide bonds. The number of alkyl halides is 3. The number of piperidine rings is 1. The number of aromatic nitrogens is 2.